The summed E-state index contributed by atoms with van der Waals surface area (Å²) in [6.45, 7) is 0.562. The standard InChI is InChI=1S/C14H12BrN3O/c15-9-3-4-11-12(14(19)18-13(11)6-9)8-17-10-2-1-5-16-7-10/h1-7,12,17H,8H2,(H,18,19)/t12-/m1/s1. The molecule has 2 heterocycles. The molecule has 3 rings (SSSR count). The Hall–Kier alpha value is -1.88. The summed E-state index contributed by atoms with van der Waals surface area (Å²) in [4.78, 5) is 16.0. The van der Waals surface area contributed by atoms with E-state index in [-0.39, 0.29) is 11.8 Å². The zero-order chi connectivity index (χ0) is 13.2. The smallest absolute Gasteiger partial charge is 0.233 e. The molecule has 1 atom stereocenters. The van der Waals surface area contributed by atoms with Gasteiger partial charge in [0, 0.05) is 29.1 Å². The fourth-order valence-corrected chi connectivity index (χ4v) is 2.55. The number of pyridine rings is 1. The van der Waals surface area contributed by atoms with Crippen LogP contribution in [-0.4, -0.2) is 17.4 Å². The topological polar surface area (TPSA) is 54.0 Å². The number of carbonyl (C=O) groups excluding carboxylic acids is 1. The van der Waals surface area contributed by atoms with Crippen LogP contribution in [0.1, 0.15) is 11.5 Å². The van der Waals surface area contributed by atoms with Crippen molar-refractivity contribution in [1.82, 2.24) is 4.98 Å². The lowest BCUT2D eigenvalue weighted by atomic mass is 10.0. The molecule has 1 aliphatic rings. The summed E-state index contributed by atoms with van der Waals surface area (Å²) >= 11 is 3.41. The van der Waals surface area contributed by atoms with E-state index in [4.69, 9.17) is 0 Å². The molecule has 96 valence electrons. The van der Waals surface area contributed by atoms with Gasteiger partial charge in [0.2, 0.25) is 5.91 Å². The number of amides is 1. The molecule has 0 spiro atoms. The zero-order valence-electron chi connectivity index (χ0n) is 10.1. The van der Waals surface area contributed by atoms with Crippen molar-refractivity contribution in [3.63, 3.8) is 0 Å². The second-order valence-corrected chi connectivity index (χ2v) is 5.31. The first kappa shape index (κ1) is 12.2. The van der Waals surface area contributed by atoms with Gasteiger partial charge in [0.15, 0.2) is 0 Å². The van der Waals surface area contributed by atoms with Crippen LogP contribution in [0.3, 0.4) is 0 Å². The van der Waals surface area contributed by atoms with Gasteiger partial charge in [-0.2, -0.15) is 0 Å². The first-order valence-electron chi connectivity index (χ1n) is 5.98. The van der Waals surface area contributed by atoms with E-state index in [0.717, 1.165) is 21.4 Å². The average Bonchev–Trinajstić information content (AvgIpc) is 2.72. The lowest BCUT2D eigenvalue weighted by molar-refractivity contribution is -0.116. The van der Waals surface area contributed by atoms with Crippen LogP contribution in [0, 0.1) is 0 Å². The SMILES string of the molecule is O=C1Nc2cc(Br)ccc2[C@H]1CNc1cccnc1. The van der Waals surface area contributed by atoms with Crippen molar-refractivity contribution in [2.45, 2.75) is 5.92 Å². The van der Waals surface area contributed by atoms with E-state index in [9.17, 15) is 4.79 Å². The molecule has 2 N–H and O–H groups in total. The highest BCUT2D eigenvalue weighted by molar-refractivity contribution is 9.10. The molecule has 2 aromatic rings. The van der Waals surface area contributed by atoms with E-state index < -0.39 is 0 Å². The van der Waals surface area contributed by atoms with Crippen LogP contribution in [0.4, 0.5) is 11.4 Å². The van der Waals surface area contributed by atoms with Gasteiger partial charge in [0.05, 0.1) is 11.6 Å². The third kappa shape index (κ3) is 2.46. The number of carbonyl (C=O) groups is 1. The lowest BCUT2D eigenvalue weighted by Gasteiger charge is -2.11. The molecule has 0 saturated carbocycles. The summed E-state index contributed by atoms with van der Waals surface area (Å²) in [5.41, 5.74) is 2.84. The predicted octanol–water partition coefficient (Wildman–Crippen LogP) is 2.99. The molecule has 1 aliphatic heterocycles. The number of fused-ring (bicyclic) bond motifs is 1. The minimum absolute atomic E-state index is 0.0319. The van der Waals surface area contributed by atoms with E-state index in [1.54, 1.807) is 12.4 Å². The molecule has 0 radical (unpaired) electrons. The van der Waals surface area contributed by atoms with Crippen LogP contribution in [0.2, 0.25) is 0 Å². The quantitative estimate of drug-likeness (QED) is 0.915. The summed E-state index contributed by atoms with van der Waals surface area (Å²) in [6, 6.07) is 9.66. The Morgan fingerprint density at radius 1 is 1.37 bits per heavy atom. The Kier molecular flexibility index (Phi) is 3.21. The van der Waals surface area contributed by atoms with E-state index in [2.05, 4.69) is 31.5 Å². The Morgan fingerprint density at radius 3 is 3.05 bits per heavy atom. The first-order chi connectivity index (χ1) is 9.24. The summed E-state index contributed by atoms with van der Waals surface area (Å²) in [5.74, 6) is -0.132. The van der Waals surface area contributed by atoms with Crippen LogP contribution in [0.25, 0.3) is 0 Å². The van der Waals surface area contributed by atoms with E-state index >= 15 is 0 Å². The van der Waals surface area contributed by atoms with Crippen LogP contribution in [-0.2, 0) is 4.79 Å². The number of aromatic nitrogens is 1. The largest absolute Gasteiger partial charge is 0.383 e. The molecule has 1 aromatic carbocycles. The van der Waals surface area contributed by atoms with Crippen LogP contribution in [0.15, 0.2) is 47.2 Å². The number of hydrogen-bond donors (Lipinski definition) is 2. The average molecular weight is 318 g/mol. The van der Waals surface area contributed by atoms with Crippen LogP contribution < -0.4 is 10.6 Å². The molecule has 5 heteroatoms. The maximum Gasteiger partial charge on any atom is 0.233 e. The molecule has 0 saturated heterocycles. The number of rotatable bonds is 3. The molecule has 1 amide bonds. The lowest BCUT2D eigenvalue weighted by Crippen LogP contribution is -2.20. The number of hydrogen-bond acceptors (Lipinski definition) is 3. The first-order valence-corrected chi connectivity index (χ1v) is 6.77. The van der Waals surface area contributed by atoms with Crippen molar-refractivity contribution in [3.8, 4) is 0 Å². The van der Waals surface area contributed by atoms with Gasteiger partial charge in [-0.15, -0.1) is 0 Å². The molecule has 19 heavy (non-hydrogen) atoms. The number of halogens is 1. The van der Waals surface area contributed by atoms with Crippen molar-refractivity contribution >= 4 is 33.2 Å². The monoisotopic (exact) mass is 317 g/mol. The van der Waals surface area contributed by atoms with Gasteiger partial charge in [-0.1, -0.05) is 22.0 Å². The molecular weight excluding hydrogens is 306 g/mol. The van der Waals surface area contributed by atoms with Crippen molar-refractivity contribution in [2.75, 3.05) is 17.2 Å². The van der Waals surface area contributed by atoms with Crippen molar-refractivity contribution in [3.05, 3.63) is 52.8 Å². The van der Waals surface area contributed by atoms with Gasteiger partial charge >= 0.3 is 0 Å². The fourth-order valence-electron chi connectivity index (χ4n) is 2.19. The summed E-state index contributed by atoms with van der Waals surface area (Å²) in [5, 5.41) is 6.14. The third-order valence-corrected chi connectivity index (χ3v) is 3.63. The molecule has 1 aromatic heterocycles. The zero-order valence-corrected chi connectivity index (χ0v) is 11.6. The highest BCUT2D eigenvalue weighted by Crippen LogP contribution is 2.34. The fraction of sp³-hybridized carbons (Fsp3) is 0.143. The van der Waals surface area contributed by atoms with Crippen LogP contribution in [0.5, 0.6) is 0 Å². The highest BCUT2D eigenvalue weighted by atomic mass is 79.9. The van der Waals surface area contributed by atoms with Gasteiger partial charge in [0.1, 0.15) is 0 Å². The van der Waals surface area contributed by atoms with Gasteiger partial charge < -0.3 is 10.6 Å². The summed E-state index contributed by atoms with van der Waals surface area (Å²) in [7, 11) is 0. The molecule has 0 fully saturated rings. The number of nitrogens with zero attached hydrogens (tertiary/aromatic N) is 1. The predicted molar refractivity (Wildman–Crippen MR) is 78.2 cm³/mol. The molecule has 0 unspecified atom stereocenters. The molecule has 4 nitrogen and oxygen atoms in total. The maximum absolute atomic E-state index is 12.0. The molecule has 0 aliphatic carbocycles. The summed E-state index contributed by atoms with van der Waals surface area (Å²) < 4.78 is 0.965. The molecule has 0 bridgehead atoms. The minimum Gasteiger partial charge on any atom is -0.383 e. The summed E-state index contributed by atoms with van der Waals surface area (Å²) in [6.07, 6.45) is 3.47. The van der Waals surface area contributed by atoms with Gasteiger partial charge in [0.25, 0.3) is 0 Å². The second kappa shape index (κ2) is 5.01. The Morgan fingerprint density at radius 2 is 2.26 bits per heavy atom. The second-order valence-electron chi connectivity index (χ2n) is 4.40. The number of nitrogens with one attached hydrogen (secondary N) is 2. The van der Waals surface area contributed by atoms with Crippen LogP contribution >= 0.6 is 15.9 Å². The van der Waals surface area contributed by atoms with Crippen molar-refractivity contribution in [1.29, 1.82) is 0 Å². The number of anilines is 2. The Bertz CT molecular complexity index is 615. The van der Waals surface area contributed by atoms with Crippen molar-refractivity contribution < 1.29 is 4.79 Å². The number of benzene rings is 1. The maximum atomic E-state index is 12.0. The van der Waals surface area contributed by atoms with E-state index in [1.165, 1.54) is 0 Å². The minimum atomic E-state index is -0.164. The van der Waals surface area contributed by atoms with E-state index in [0.29, 0.717) is 6.54 Å². The molecular formula is C14H12BrN3O. The normalized spacial score (nSPS) is 16.9. The van der Waals surface area contributed by atoms with Gasteiger partial charge in [-0.05, 0) is 29.8 Å². The Labute approximate surface area is 119 Å². The highest BCUT2D eigenvalue weighted by Gasteiger charge is 2.30. The van der Waals surface area contributed by atoms with Crippen molar-refractivity contribution in [2.24, 2.45) is 0 Å². The Balaban J connectivity index is 1.77. The van der Waals surface area contributed by atoms with Gasteiger partial charge in [-0.25, -0.2) is 0 Å². The van der Waals surface area contributed by atoms with Gasteiger partial charge in [-0.3, -0.25) is 9.78 Å². The third-order valence-electron chi connectivity index (χ3n) is 3.14. The van der Waals surface area contributed by atoms with E-state index in [1.807, 2.05) is 30.3 Å².